The monoisotopic (exact) mass is 672 g/mol. The fraction of sp³-hybridized carbons (Fsp3) is 0.944. The number of hydrogen-bond donors (Lipinski definition) is 0. The molecule has 0 saturated carbocycles. The van der Waals surface area contributed by atoms with Crippen LogP contribution in [0.3, 0.4) is 0 Å². The fourth-order valence-corrected chi connectivity index (χ4v) is 5.46. The maximum Gasteiger partial charge on any atom is 2.00 e. The summed E-state index contributed by atoms with van der Waals surface area (Å²) in [5.74, 6) is -0.945. The van der Waals surface area contributed by atoms with Crippen molar-refractivity contribution in [1.29, 1.82) is 0 Å². The molecule has 0 rings (SSSR count). The molecule has 0 aromatic rings. The van der Waals surface area contributed by atoms with Gasteiger partial charge in [0.2, 0.25) is 0 Å². The smallest absolute Gasteiger partial charge is 1.00 e. The van der Waals surface area contributed by atoms with Gasteiger partial charge in [-0.15, -0.1) is 0 Å². The molecule has 0 spiro atoms. The molecular formula is C36H72O5Sr. The molecule has 42 heavy (non-hydrogen) atoms. The van der Waals surface area contributed by atoms with Gasteiger partial charge in [0.05, 0.1) is 0 Å². The normalized spacial score (nSPS) is 10.9. The molecule has 0 radical (unpaired) electrons. The van der Waals surface area contributed by atoms with Crippen molar-refractivity contribution < 1.29 is 27.3 Å². The summed E-state index contributed by atoms with van der Waals surface area (Å²) in [6.45, 7) is 4.54. The molecule has 248 valence electrons. The third kappa shape index (κ3) is 38.4. The van der Waals surface area contributed by atoms with E-state index in [1.54, 1.807) is 0 Å². The van der Waals surface area contributed by atoms with Gasteiger partial charge in [-0.25, -0.2) is 9.59 Å². The largest absolute Gasteiger partial charge is 2.00 e. The van der Waals surface area contributed by atoms with Crippen LogP contribution in [0.25, 0.3) is 0 Å². The maximum absolute atomic E-state index is 11.7. The first-order valence-corrected chi connectivity index (χ1v) is 18.3. The molecule has 5 nitrogen and oxygen atoms in total. The predicted molar refractivity (Wildman–Crippen MR) is 180 cm³/mol. The van der Waals surface area contributed by atoms with Gasteiger partial charge in [0.25, 0.3) is 0 Å². The molecule has 0 heterocycles. The number of unbranched alkanes of at least 4 members (excludes halogenated alkanes) is 28. The van der Waals surface area contributed by atoms with E-state index in [0.717, 1.165) is 38.5 Å². The zero-order valence-corrected chi connectivity index (χ0v) is 31.9. The van der Waals surface area contributed by atoms with Gasteiger partial charge in [0, 0.05) is 17.9 Å². The van der Waals surface area contributed by atoms with Crippen LogP contribution in [0.1, 0.15) is 222 Å². The second-order valence-electron chi connectivity index (χ2n) is 12.4. The summed E-state index contributed by atoms with van der Waals surface area (Å²) >= 11 is 0. The summed E-state index contributed by atoms with van der Waals surface area (Å²) in [6.07, 6.45) is 39.2. The minimum Gasteiger partial charge on any atom is -1.00 e. The van der Waals surface area contributed by atoms with Crippen molar-refractivity contribution in [3.8, 4) is 0 Å². The summed E-state index contributed by atoms with van der Waals surface area (Å²) < 4.78 is 0. The average Bonchev–Trinajstić information content (AvgIpc) is 2.97. The van der Waals surface area contributed by atoms with E-state index in [4.69, 9.17) is 0 Å². The van der Waals surface area contributed by atoms with E-state index in [9.17, 15) is 9.59 Å². The van der Waals surface area contributed by atoms with Gasteiger partial charge < -0.3 is 2.85 Å². The van der Waals surface area contributed by atoms with Crippen molar-refractivity contribution in [3.63, 3.8) is 0 Å². The van der Waals surface area contributed by atoms with Crippen LogP contribution in [0.5, 0.6) is 0 Å². The third-order valence-electron chi connectivity index (χ3n) is 8.22. The minimum atomic E-state index is -0.473. The zero-order valence-electron chi connectivity index (χ0n) is 30.4. The van der Waals surface area contributed by atoms with Crippen molar-refractivity contribution in [2.24, 2.45) is 0 Å². The summed E-state index contributed by atoms with van der Waals surface area (Å²) in [7, 11) is 0. The Morgan fingerprint density at radius 1 is 0.357 bits per heavy atom. The first-order valence-electron chi connectivity index (χ1n) is 18.3. The van der Waals surface area contributed by atoms with Crippen molar-refractivity contribution in [2.45, 2.75) is 219 Å². The van der Waals surface area contributed by atoms with Crippen LogP contribution in [-0.4, -0.2) is 57.4 Å². The van der Waals surface area contributed by atoms with E-state index in [-0.39, 0.29) is 48.3 Å². The number of hydrogen-bond acceptors (Lipinski definition) is 5. The molecule has 0 bridgehead atoms. The Hall–Kier alpha value is 0.381. The van der Waals surface area contributed by atoms with Crippen molar-refractivity contribution in [3.05, 3.63) is 0 Å². The Labute approximate surface area is 301 Å². The molecule has 0 atom stereocenters. The Kier molecular flexibility index (Phi) is 41.8. The van der Waals surface area contributed by atoms with Gasteiger partial charge in [-0.3, -0.25) is 9.78 Å². The molecule has 0 aliphatic rings. The SMILES string of the molecule is CCCCCCCCCCCCCCCCCC(=O)OOOC(=O)CCCCCCCCCCCCCCCCC.[H-].[H-].[Sr+2]. The Morgan fingerprint density at radius 2 is 0.548 bits per heavy atom. The number of rotatable bonds is 34. The second-order valence-corrected chi connectivity index (χ2v) is 12.4. The molecule has 0 fully saturated rings. The maximum atomic E-state index is 11.7. The Balaban J connectivity index is -0.00000267. The van der Waals surface area contributed by atoms with Gasteiger partial charge in [-0.2, -0.15) is 0 Å². The number of carbonyl (C=O) groups excluding carboxylic acids is 2. The predicted octanol–water partition coefficient (Wildman–Crippen LogP) is 12.3. The molecule has 0 aromatic heterocycles. The van der Waals surface area contributed by atoms with Crippen LogP contribution < -0.4 is 0 Å². The Morgan fingerprint density at radius 3 is 0.762 bits per heavy atom. The van der Waals surface area contributed by atoms with Crippen LogP contribution >= 0.6 is 0 Å². The van der Waals surface area contributed by atoms with E-state index in [2.05, 4.69) is 28.7 Å². The average molecular weight is 673 g/mol. The molecule has 0 aliphatic carbocycles. The van der Waals surface area contributed by atoms with Crippen molar-refractivity contribution in [1.82, 2.24) is 0 Å². The molecule has 0 N–H and O–H groups in total. The fourth-order valence-electron chi connectivity index (χ4n) is 5.46. The van der Waals surface area contributed by atoms with Crippen LogP contribution in [-0.2, 0) is 24.4 Å². The van der Waals surface area contributed by atoms with Crippen LogP contribution in [0, 0.1) is 0 Å². The van der Waals surface area contributed by atoms with E-state index >= 15 is 0 Å². The molecular weight excluding hydrogens is 600 g/mol. The van der Waals surface area contributed by atoms with Gasteiger partial charge in [0.15, 0.2) is 0 Å². The topological polar surface area (TPSA) is 61.8 Å². The van der Waals surface area contributed by atoms with Crippen LogP contribution in [0.4, 0.5) is 0 Å². The first-order chi connectivity index (χ1) is 20.2. The van der Waals surface area contributed by atoms with Gasteiger partial charge >= 0.3 is 57.4 Å². The van der Waals surface area contributed by atoms with E-state index in [1.807, 2.05) is 0 Å². The van der Waals surface area contributed by atoms with Gasteiger partial charge in [0.1, 0.15) is 0 Å². The van der Waals surface area contributed by atoms with E-state index < -0.39 is 11.9 Å². The van der Waals surface area contributed by atoms with Crippen LogP contribution in [0.15, 0.2) is 0 Å². The third-order valence-corrected chi connectivity index (χ3v) is 8.22. The summed E-state index contributed by atoms with van der Waals surface area (Å²) in [6, 6.07) is 0. The van der Waals surface area contributed by atoms with Crippen LogP contribution in [0.2, 0.25) is 0 Å². The molecule has 0 unspecified atom stereocenters. The van der Waals surface area contributed by atoms with E-state index in [1.165, 1.54) is 154 Å². The Bertz CT molecular complexity index is 509. The number of carbonyl (C=O) groups is 2. The molecule has 0 amide bonds. The summed E-state index contributed by atoms with van der Waals surface area (Å²) in [5.41, 5.74) is 0. The van der Waals surface area contributed by atoms with Crippen molar-refractivity contribution >= 4 is 57.4 Å². The molecule has 6 heteroatoms. The standard InChI is InChI=1S/C36H70O5.Sr.2H/c1-3-5-7-9-11-13-15-17-19-21-23-25-27-29-31-33-35(37)39-41-40-36(38)34-32-30-28-26-24-22-20-18-16-14-12-10-8-6-4-2;;;/h3-34H2,1-2H3;;;/q;+2;2*-1. The van der Waals surface area contributed by atoms with E-state index in [0.29, 0.717) is 12.8 Å². The van der Waals surface area contributed by atoms with Gasteiger partial charge in [-0.05, 0) is 12.8 Å². The second kappa shape index (κ2) is 39.4. The molecule has 0 saturated heterocycles. The van der Waals surface area contributed by atoms with Crippen molar-refractivity contribution in [2.75, 3.05) is 0 Å². The minimum absolute atomic E-state index is 0. The molecule has 0 aromatic carbocycles. The quantitative estimate of drug-likeness (QED) is 0.0295. The summed E-state index contributed by atoms with van der Waals surface area (Å²) in [5, 5.41) is 4.41. The molecule has 0 aliphatic heterocycles. The zero-order chi connectivity index (χ0) is 29.9. The van der Waals surface area contributed by atoms with Gasteiger partial charge in [-0.1, -0.05) is 194 Å². The first kappa shape index (κ1) is 44.5. The summed E-state index contributed by atoms with van der Waals surface area (Å²) in [4.78, 5) is 32.6.